The van der Waals surface area contributed by atoms with E-state index < -0.39 is 11.9 Å². The van der Waals surface area contributed by atoms with Gasteiger partial charge in [-0.15, -0.1) is 11.3 Å². The maximum Gasteiger partial charge on any atom is 0.301 e. The van der Waals surface area contributed by atoms with Crippen LogP contribution in [0.15, 0.2) is 21.4 Å². The number of allylic oxidation sites excluding steroid dienone is 1. The third kappa shape index (κ3) is 4.24. The third-order valence-electron chi connectivity index (χ3n) is 2.65. The first kappa shape index (κ1) is 15.4. The Bertz CT molecular complexity index is 523. The van der Waals surface area contributed by atoms with Gasteiger partial charge in [0.1, 0.15) is 7.11 Å². The second-order valence-electron chi connectivity index (χ2n) is 4.18. The topological polar surface area (TPSA) is 34.5 Å². The Morgan fingerprint density at radius 3 is 2.85 bits per heavy atom. The smallest absolute Gasteiger partial charge is 0.301 e. The molecule has 0 aromatic carbocycles. The van der Waals surface area contributed by atoms with Crippen LogP contribution in [0, 0.1) is 0 Å². The van der Waals surface area contributed by atoms with Gasteiger partial charge in [-0.1, -0.05) is 16.9 Å². The van der Waals surface area contributed by atoms with Gasteiger partial charge in [0.2, 0.25) is 0 Å². The van der Waals surface area contributed by atoms with Crippen LogP contribution in [0.25, 0.3) is 0 Å². The van der Waals surface area contributed by atoms with Crippen molar-refractivity contribution in [1.82, 2.24) is 4.98 Å². The largest absolute Gasteiger partial charge is 0.399 e. The maximum atomic E-state index is 12.7. The van der Waals surface area contributed by atoms with E-state index in [4.69, 9.17) is 0 Å². The fraction of sp³-hybridized carbons (Fsp3) is 0.500. The van der Waals surface area contributed by atoms with Gasteiger partial charge in [0.15, 0.2) is 10.2 Å². The molecule has 0 N–H and O–H groups in total. The Balaban J connectivity index is 1.98. The summed E-state index contributed by atoms with van der Waals surface area (Å²) >= 11 is 2.70. The minimum absolute atomic E-state index is 0.238. The zero-order valence-electron chi connectivity index (χ0n) is 10.7. The highest BCUT2D eigenvalue weighted by molar-refractivity contribution is 8.01. The van der Waals surface area contributed by atoms with E-state index >= 15 is 0 Å². The molecule has 2 rings (SSSR count). The summed E-state index contributed by atoms with van der Waals surface area (Å²) in [7, 11) is 1.46. The lowest BCUT2D eigenvalue weighted by Gasteiger charge is -1.95. The average Bonchev–Trinajstić information content (AvgIpc) is 3.18. The van der Waals surface area contributed by atoms with Gasteiger partial charge in [0.25, 0.3) is 0 Å². The van der Waals surface area contributed by atoms with E-state index in [2.05, 4.69) is 15.0 Å². The van der Waals surface area contributed by atoms with Crippen LogP contribution in [0.4, 0.5) is 13.2 Å². The van der Waals surface area contributed by atoms with Crippen molar-refractivity contribution in [3.05, 3.63) is 22.5 Å². The summed E-state index contributed by atoms with van der Waals surface area (Å²) in [6.45, 7) is 0. The van der Waals surface area contributed by atoms with E-state index in [1.807, 2.05) is 0 Å². The van der Waals surface area contributed by atoms with Crippen LogP contribution in [-0.2, 0) is 4.84 Å². The van der Waals surface area contributed by atoms with Gasteiger partial charge in [-0.3, -0.25) is 0 Å². The molecule has 0 bridgehead atoms. The standard InChI is InChI=1S/C12H13F3N2OS2/c1-18-16-6-9-10(7-2-3-7)17-12(20-9)19-5-4-8(13)11(14)15/h6-7H,2-5H2,1H3. The van der Waals surface area contributed by atoms with Crippen LogP contribution >= 0.6 is 23.1 Å². The number of oxime groups is 1. The summed E-state index contributed by atoms with van der Waals surface area (Å²) in [6, 6.07) is 0. The average molecular weight is 322 g/mol. The van der Waals surface area contributed by atoms with Crippen molar-refractivity contribution in [2.24, 2.45) is 5.16 Å². The number of rotatable bonds is 7. The van der Waals surface area contributed by atoms with Gasteiger partial charge in [0, 0.05) is 18.1 Å². The van der Waals surface area contributed by atoms with Crippen molar-refractivity contribution >= 4 is 29.3 Å². The van der Waals surface area contributed by atoms with E-state index in [-0.39, 0.29) is 12.2 Å². The second-order valence-corrected chi connectivity index (χ2v) is 6.56. The molecule has 1 fully saturated rings. The highest BCUT2D eigenvalue weighted by Crippen LogP contribution is 2.43. The summed E-state index contributed by atoms with van der Waals surface area (Å²) in [6.07, 6.45) is 1.29. The van der Waals surface area contributed by atoms with Crippen LogP contribution in [0.1, 0.15) is 35.8 Å². The Morgan fingerprint density at radius 1 is 1.50 bits per heavy atom. The second kappa shape index (κ2) is 7.12. The Labute approximate surface area is 122 Å². The third-order valence-corrected chi connectivity index (χ3v) is 4.80. The molecule has 1 aromatic heterocycles. The van der Waals surface area contributed by atoms with E-state index in [0.29, 0.717) is 5.92 Å². The van der Waals surface area contributed by atoms with Gasteiger partial charge < -0.3 is 4.84 Å². The van der Waals surface area contributed by atoms with Crippen LogP contribution in [0.2, 0.25) is 0 Å². The van der Waals surface area contributed by atoms with Gasteiger partial charge in [0.05, 0.1) is 16.8 Å². The molecule has 0 amide bonds. The summed E-state index contributed by atoms with van der Waals surface area (Å²) in [5, 5.41) is 3.73. The molecule has 0 spiro atoms. The van der Waals surface area contributed by atoms with E-state index in [9.17, 15) is 13.2 Å². The molecule has 0 saturated heterocycles. The monoisotopic (exact) mass is 322 g/mol. The summed E-state index contributed by atoms with van der Waals surface area (Å²) < 4.78 is 37.3. The Kier molecular flexibility index (Phi) is 5.47. The first-order valence-electron chi connectivity index (χ1n) is 6.01. The highest BCUT2D eigenvalue weighted by atomic mass is 32.2. The van der Waals surface area contributed by atoms with Crippen molar-refractivity contribution in [1.29, 1.82) is 0 Å². The quantitative estimate of drug-likeness (QED) is 0.419. The van der Waals surface area contributed by atoms with Gasteiger partial charge in [-0.2, -0.15) is 8.78 Å². The molecule has 0 atom stereocenters. The van der Waals surface area contributed by atoms with Crippen molar-refractivity contribution < 1.29 is 18.0 Å². The van der Waals surface area contributed by atoms with Crippen LogP contribution in [0.5, 0.6) is 0 Å². The molecule has 0 aliphatic heterocycles. The van der Waals surface area contributed by atoms with Crippen LogP contribution in [0.3, 0.4) is 0 Å². The lowest BCUT2D eigenvalue weighted by Crippen LogP contribution is -1.87. The van der Waals surface area contributed by atoms with E-state index in [1.165, 1.54) is 30.2 Å². The number of aromatic nitrogens is 1. The molecule has 3 nitrogen and oxygen atoms in total. The lowest BCUT2D eigenvalue weighted by atomic mass is 10.3. The van der Waals surface area contributed by atoms with Crippen LogP contribution < -0.4 is 0 Å². The number of hydrogen-bond donors (Lipinski definition) is 0. The van der Waals surface area contributed by atoms with Gasteiger partial charge in [-0.05, 0) is 12.8 Å². The first-order chi connectivity index (χ1) is 9.61. The predicted molar refractivity (Wildman–Crippen MR) is 74.4 cm³/mol. The number of thioether (sulfide) groups is 1. The van der Waals surface area contributed by atoms with Gasteiger partial charge >= 0.3 is 6.08 Å². The number of halogens is 3. The minimum atomic E-state index is -2.24. The van der Waals surface area contributed by atoms with Crippen molar-refractivity contribution in [3.8, 4) is 0 Å². The Morgan fingerprint density at radius 2 is 2.25 bits per heavy atom. The molecule has 1 aromatic rings. The SMILES string of the molecule is CON=Cc1sc(SCCC(F)=C(F)F)nc1C1CC1. The zero-order valence-corrected chi connectivity index (χ0v) is 12.4. The molecule has 1 aliphatic rings. The number of nitrogens with zero attached hydrogens (tertiary/aromatic N) is 2. The first-order valence-corrected chi connectivity index (χ1v) is 7.81. The molecule has 20 heavy (non-hydrogen) atoms. The van der Waals surface area contributed by atoms with Gasteiger partial charge in [-0.25, -0.2) is 9.37 Å². The Hall–Kier alpha value is -1.02. The molecule has 8 heteroatoms. The summed E-state index contributed by atoms with van der Waals surface area (Å²) in [5.74, 6) is -0.654. The maximum absolute atomic E-state index is 12.7. The fourth-order valence-corrected chi connectivity index (χ4v) is 3.67. The summed E-state index contributed by atoms with van der Waals surface area (Å²) in [5.41, 5.74) is 0.978. The van der Waals surface area contributed by atoms with Crippen molar-refractivity contribution in [2.45, 2.75) is 29.5 Å². The fourth-order valence-electron chi connectivity index (χ4n) is 1.55. The lowest BCUT2D eigenvalue weighted by molar-refractivity contribution is 0.215. The molecular formula is C12H13F3N2OS2. The van der Waals surface area contributed by atoms with E-state index in [1.54, 1.807) is 6.21 Å². The molecule has 0 radical (unpaired) electrons. The zero-order chi connectivity index (χ0) is 14.5. The minimum Gasteiger partial charge on any atom is -0.399 e. The predicted octanol–water partition coefficient (Wildman–Crippen LogP) is 4.56. The molecular weight excluding hydrogens is 309 g/mol. The molecule has 0 unspecified atom stereocenters. The van der Waals surface area contributed by atoms with Crippen molar-refractivity contribution in [2.75, 3.05) is 12.9 Å². The normalized spacial score (nSPS) is 14.8. The van der Waals surface area contributed by atoms with Crippen molar-refractivity contribution in [3.63, 3.8) is 0 Å². The molecule has 1 aliphatic carbocycles. The number of thiazole rings is 1. The molecule has 1 saturated carbocycles. The van der Waals surface area contributed by atoms with Crippen LogP contribution in [-0.4, -0.2) is 24.1 Å². The summed E-state index contributed by atoms with van der Waals surface area (Å²) in [4.78, 5) is 10.0. The highest BCUT2D eigenvalue weighted by Gasteiger charge is 2.29. The molecule has 1 heterocycles. The molecule has 110 valence electrons. The number of hydrogen-bond acceptors (Lipinski definition) is 5. The van der Waals surface area contributed by atoms with E-state index in [0.717, 1.165) is 27.8 Å².